The molecule has 0 radical (unpaired) electrons. The molecule has 6 nitrogen and oxygen atoms in total. The normalized spacial score (nSPS) is 18.0. The molecule has 1 aliphatic rings. The van der Waals surface area contributed by atoms with Crippen molar-refractivity contribution in [3.63, 3.8) is 0 Å². The fourth-order valence-corrected chi connectivity index (χ4v) is 5.69. The third-order valence-electron chi connectivity index (χ3n) is 5.25. The van der Waals surface area contributed by atoms with Crippen LogP contribution in [0.4, 0.5) is 5.69 Å². The van der Waals surface area contributed by atoms with Crippen molar-refractivity contribution >= 4 is 43.5 Å². The molecule has 0 aromatic heterocycles. The molecule has 2 amide bonds. The summed E-state index contributed by atoms with van der Waals surface area (Å²) in [6.07, 6.45) is 0.291. The van der Waals surface area contributed by atoms with Crippen LogP contribution in [-0.4, -0.2) is 36.1 Å². The van der Waals surface area contributed by atoms with Gasteiger partial charge in [0.2, 0.25) is 15.9 Å². The lowest BCUT2D eigenvalue weighted by Gasteiger charge is -2.39. The molecule has 1 heterocycles. The van der Waals surface area contributed by atoms with Gasteiger partial charge in [-0.15, -0.1) is 0 Å². The van der Waals surface area contributed by atoms with E-state index in [1.54, 1.807) is 56.3 Å². The second-order valence-corrected chi connectivity index (χ2v) is 10.3. The number of carbonyl (C=O) groups excluding carboxylic acids is 2. The second kappa shape index (κ2) is 8.01. The van der Waals surface area contributed by atoms with E-state index in [1.165, 1.54) is 16.4 Å². The molecule has 1 unspecified atom stereocenters. The molecule has 1 atom stereocenters. The topological polar surface area (TPSA) is 74.8 Å². The van der Waals surface area contributed by atoms with Crippen LogP contribution in [0.3, 0.4) is 0 Å². The molecule has 2 aromatic carbocycles. The Bertz CT molecular complexity index is 1020. The molecule has 2 aromatic rings. The molecule has 0 aliphatic carbocycles. The Balaban J connectivity index is 2.08. The first kappa shape index (κ1) is 21.7. The lowest BCUT2D eigenvalue weighted by Crippen LogP contribution is -2.55. The van der Waals surface area contributed by atoms with Crippen LogP contribution in [0.2, 0.25) is 0 Å². The van der Waals surface area contributed by atoms with Crippen molar-refractivity contribution in [3.05, 3.63) is 59.1 Å². The van der Waals surface area contributed by atoms with Gasteiger partial charge in [0.15, 0.2) is 0 Å². The number of hydrogen-bond acceptors (Lipinski definition) is 4. The number of sulfonamides is 1. The van der Waals surface area contributed by atoms with Crippen molar-refractivity contribution in [3.8, 4) is 0 Å². The lowest BCUT2D eigenvalue weighted by atomic mass is 10.00. The van der Waals surface area contributed by atoms with Gasteiger partial charge in [-0.05, 0) is 56.7 Å². The average molecular weight is 479 g/mol. The molecular formula is C21H23BrN2O4S. The first-order valence-corrected chi connectivity index (χ1v) is 11.5. The predicted molar refractivity (Wildman–Crippen MR) is 115 cm³/mol. The average Bonchev–Trinajstić information content (AvgIpc) is 2.96. The van der Waals surface area contributed by atoms with Crippen LogP contribution in [0.25, 0.3) is 0 Å². The largest absolute Gasteiger partial charge is 0.274 e. The van der Waals surface area contributed by atoms with Gasteiger partial charge in [-0.1, -0.05) is 41.1 Å². The number of para-hydroxylation sites is 1. The van der Waals surface area contributed by atoms with Crippen molar-refractivity contribution in [2.75, 3.05) is 4.90 Å². The van der Waals surface area contributed by atoms with Crippen molar-refractivity contribution < 1.29 is 18.0 Å². The van der Waals surface area contributed by atoms with Gasteiger partial charge < -0.3 is 0 Å². The molecule has 3 rings (SSSR count). The Hall–Kier alpha value is -2.03. The molecule has 0 spiro atoms. The Morgan fingerprint density at radius 2 is 1.66 bits per heavy atom. The molecule has 0 saturated carbocycles. The molecule has 1 fully saturated rings. The molecule has 29 heavy (non-hydrogen) atoms. The van der Waals surface area contributed by atoms with Crippen molar-refractivity contribution in [2.24, 2.45) is 0 Å². The fraction of sp³-hybridized carbons (Fsp3) is 0.333. The summed E-state index contributed by atoms with van der Waals surface area (Å²) in [5.74, 6) is -0.933. The summed E-state index contributed by atoms with van der Waals surface area (Å²) in [5.41, 5.74) is -0.417. The van der Waals surface area contributed by atoms with Gasteiger partial charge in [0.1, 0.15) is 6.04 Å². The maximum Gasteiger partial charge on any atom is 0.252 e. The number of halogens is 1. The number of benzene rings is 2. The predicted octanol–water partition coefficient (Wildman–Crippen LogP) is 3.96. The van der Waals surface area contributed by atoms with E-state index >= 15 is 0 Å². The van der Waals surface area contributed by atoms with Gasteiger partial charge in [-0.2, -0.15) is 4.31 Å². The van der Waals surface area contributed by atoms with E-state index in [-0.39, 0.29) is 11.3 Å². The van der Waals surface area contributed by atoms with Gasteiger partial charge in [0.05, 0.1) is 17.0 Å². The lowest BCUT2D eigenvalue weighted by molar-refractivity contribution is -0.122. The summed E-state index contributed by atoms with van der Waals surface area (Å²) in [4.78, 5) is 27.1. The van der Waals surface area contributed by atoms with Crippen LogP contribution in [0.1, 0.15) is 33.6 Å². The van der Waals surface area contributed by atoms with E-state index < -0.39 is 33.4 Å². The van der Waals surface area contributed by atoms with E-state index in [4.69, 9.17) is 0 Å². The summed E-state index contributed by atoms with van der Waals surface area (Å²) < 4.78 is 29.1. The Kier molecular flexibility index (Phi) is 5.98. The molecule has 0 bridgehead atoms. The SMILES string of the molecule is CCC(C)(C)N(C1CC(=O)N(c2ccccc2)C1=O)S(=O)(=O)c1ccc(Br)cc1. The number of carbonyl (C=O) groups is 2. The fourth-order valence-electron chi connectivity index (χ4n) is 3.44. The maximum absolute atomic E-state index is 13.6. The molecular weight excluding hydrogens is 456 g/mol. The summed E-state index contributed by atoms with van der Waals surface area (Å²) in [6, 6.07) is 13.8. The van der Waals surface area contributed by atoms with E-state index in [1.807, 2.05) is 6.92 Å². The standard InChI is InChI=1S/C21H23BrN2O4S/c1-4-21(2,3)24(29(27,28)17-12-10-15(22)11-13-17)18-14-19(25)23(20(18)26)16-8-6-5-7-9-16/h5-13,18H,4,14H2,1-3H3. The first-order valence-electron chi connectivity index (χ1n) is 9.31. The van der Waals surface area contributed by atoms with Crippen LogP contribution in [0.5, 0.6) is 0 Å². The number of nitrogens with zero attached hydrogens (tertiary/aromatic N) is 2. The van der Waals surface area contributed by atoms with Gasteiger partial charge >= 0.3 is 0 Å². The van der Waals surface area contributed by atoms with Crippen molar-refractivity contribution in [1.82, 2.24) is 4.31 Å². The second-order valence-electron chi connectivity index (χ2n) is 7.54. The van der Waals surface area contributed by atoms with E-state index in [9.17, 15) is 18.0 Å². The minimum absolute atomic E-state index is 0.0839. The monoisotopic (exact) mass is 478 g/mol. The number of rotatable bonds is 6. The summed E-state index contributed by atoms with van der Waals surface area (Å²) in [6.45, 7) is 5.40. The van der Waals surface area contributed by atoms with Gasteiger partial charge in [-0.25, -0.2) is 13.3 Å². The number of imide groups is 1. The number of anilines is 1. The number of amides is 2. The van der Waals surface area contributed by atoms with Crippen LogP contribution in [0.15, 0.2) is 64.0 Å². The van der Waals surface area contributed by atoms with Crippen molar-refractivity contribution in [2.45, 2.75) is 50.1 Å². The third-order valence-corrected chi connectivity index (χ3v) is 7.92. The maximum atomic E-state index is 13.6. The van der Waals surface area contributed by atoms with Crippen molar-refractivity contribution in [1.29, 1.82) is 0 Å². The molecule has 1 saturated heterocycles. The zero-order valence-electron chi connectivity index (χ0n) is 16.5. The quantitative estimate of drug-likeness (QED) is 0.588. The van der Waals surface area contributed by atoms with Gasteiger partial charge in [0, 0.05) is 10.0 Å². The Labute approximate surface area is 179 Å². The highest BCUT2D eigenvalue weighted by atomic mass is 79.9. The minimum Gasteiger partial charge on any atom is -0.274 e. The van der Waals surface area contributed by atoms with E-state index in [2.05, 4.69) is 15.9 Å². The highest BCUT2D eigenvalue weighted by Crippen LogP contribution is 2.35. The Morgan fingerprint density at radius 3 is 2.21 bits per heavy atom. The smallest absolute Gasteiger partial charge is 0.252 e. The highest BCUT2D eigenvalue weighted by Gasteiger charge is 2.51. The summed E-state index contributed by atoms with van der Waals surface area (Å²) in [5, 5.41) is 0. The third kappa shape index (κ3) is 4.01. The molecule has 8 heteroatoms. The van der Waals surface area contributed by atoms with E-state index in [0.717, 1.165) is 9.37 Å². The van der Waals surface area contributed by atoms with Crippen LogP contribution >= 0.6 is 15.9 Å². The van der Waals surface area contributed by atoms with Gasteiger partial charge in [-0.3, -0.25) is 9.59 Å². The first-order chi connectivity index (χ1) is 13.6. The summed E-state index contributed by atoms with van der Waals surface area (Å²) >= 11 is 3.31. The molecule has 1 aliphatic heterocycles. The highest BCUT2D eigenvalue weighted by molar-refractivity contribution is 9.10. The minimum atomic E-state index is -4.02. The van der Waals surface area contributed by atoms with E-state index in [0.29, 0.717) is 12.1 Å². The van der Waals surface area contributed by atoms with Crippen LogP contribution in [0, 0.1) is 0 Å². The number of hydrogen-bond donors (Lipinski definition) is 0. The van der Waals surface area contributed by atoms with Crippen LogP contribution < -0.4 is 4.90 Å². The zero-order chi connectivity index (χ0) is 21.4. The Morgan fingerprint density at radius 1 is 1.07 bits per heavy atom. The molecule has 0 N–H and O–H groups in total. The van der Waals surface area contributed by atoms with Gasteiger partial charge in [0.25, 0.3) is 5.91 Å². The summed E-state index contributed by atoms with van der Waals surface area (Å²) in [7, 11) is -4.02. The zero-order valence-corrected chi connectivity index (χ0v) is 18.9. The van der Waals surface area contributed by atoms with Crippen LogP contribution in [-0.2, 0) is 19.6 Å². The molecule has 154 valence electrons.